The third-order valence-electron chi connectivity index (χ3n) is 6.29. The van der Waals surface area contributed by atoms with Gasteiger partial charge in [0.2, 0.25) is 10.0 Å². The Balaban J connectivity index is 1.95. The van der Waals surface area contributed by atoms with Gasteiger partial charge in [-0.2, -0.15) is 4.31 Å². The van der Waals surface area contributed by atoms with Gasteiger partial charge in [0, 0.05) is 25.5 Å². The fourth-order valence-corrected chi connectivity index (χ4v) is 6.18. The van der Waals surface area contributed by atoms with Crippen LogP contribution in [0.2, 0.25) is 0 Å². The Hall–Kier alpha value is -2.53. The second kappa shape index (κ2) is 12.3. The van der Waals surface area contributed by atoms with Crippen LogP contribution in [0.4, 0.5) is 0 Å². The highest BCUT2D eigenvalue weighted by Gasteiger charge is 2.42. The zero-order chi connectivity index (χ0) is 24.6. The van der Waals surface area contributed by atoms with Crippen molar-refractivity contribution >= 4 is 15.9 Å². The zero-order valence-corrected chi connectivity index (χ0v) is 20.4. The molecule has 1 aliphatic carbocycles. The van der Waals surface area contributed by atoms with Crippen molar-refractivity contribution in [2.75, 3.05) is 20.3 Å². The Morgan fingerprint density at radius 1 is 1.15 bits per heavy atom. The molecule has 2 aromatic rings. The van der Waals surface area contributed by atoms with Crippen LogP contribution in [0.3, 0.4) is 0 Å². The number of carbonyl (C=O) groups excluding carboxylic acids is 1. The molecular weight excluding hydrogens is 458 g/mol. The Morgan fingerprint density at radius 2 is 1.79 bits per heavy atom. The third kappa shape index (κ3) is 6.32. The first-order valence-corrected chi connectivity index (χ1v) is 12.9. The fraction of sp³-hybridized carbons (Fsp3) is 0.500. The van der Waals surface area contributed by atoms with Gasteiger partial charge in [-0.05, 0) is 86.9 Å². The van der Waals surface area contributed by atoms with E-state index < -0.39 is 22.0 Å². The number of hydrogen-bond donors (Lipinski definition) is 2. The van der Waals surface area contributed by atoms with Crippen molar-refractivity contribution in [1.82, 2.24) is 14.8 Å². The number of hydrogen-bond acceptors (Lipinski definition) is 7. The van der Waals surface area contributed by atoms with Crippen LogP contribution in [-0.4, -0.2) is 61.2 Å². The lowest BCUT2D eigenvalue weighted by Gasteiger charge is -2.38. The van der Waals surface area contributed by atoms with Gasteiger partial charge in [-0.1, -0.05) is 0 Å². The molecule has 1 aromatic heterocycles. The molecule has 10 heteroatoms. The molecule has 0 saturated heterocycles. The molecule has 1 saturated carbocycles. The normalized spacial score (nSPS) is 19.5. The minimum Gasteiger partial charge on any atom is -0.497 e. The molecule has 1 unspecified atom stereocenters. The molecule has 1 aromatic carbocycles. The van der Waals surface area contributed by atoms with Gasteiger partial charge in [0.25, 0.3) is 5.91 Å². The van der Waals surface area contributed by atoms with E-state index in [1.54, 1.807) is 30.0 Å². The lowest BCUT2D eigenvalue weighted by atomic mass is 9.82. The Bertz CT molecular complexity index is 1010. The van der Waals surface area contributed by atoms with Gasteiger partial charge >= 0.3 is 0 Å². The average molecular weight is 492 g/mol. The first kappa shape index (κ1) is 26.1. The number of nitrogens with zero attached hydrogens (tertiary/aromatic N) is 2. The molecule has 1 amide bonds. The standard InChI is InChI=1S/C24H33N3O6S/c1-3-33-21-6-4-19(5-7-21)23(24(28)26-29)27(17-14-18-12-15-25-16-13-18)34(30,31)22-10-8-20(32-2)9-11-22/h8-13,15-16,19,21,23,29H,3-7,14,17H2,1-2H3,(H,26,28). The van der Waals surface area contributed by atoms with Crippen molar-refractivity contribution in [2.24, 2.45) is 5.92 Å². The lowest BCUT2D eigenvalue weighted by Crippen LogP contribution is -2.54. The maximum Gasteiger partial charge on any atom is 0.262 e. The van der Waals surface area contributed by atoms with Gasteiger partial charge < -0.3 is 9.47 Å². The molecule has 0 spiro atoms. The highest BCUT2D eigenvalue weighted by atomic mass is 32.2. The van der Waals surface area contributed by atoms with E-state index >= 15 is 0 Å². The van der Waals surface area contributed by atoms with Gasteiger partial charge in [-0.3, -0.25) is 15.0 Å². The van der Waals surface area contributed by atoms with Crippen LogP contribution in [0.15, 0.2) is 53.7 Å². The second-order valence-electron chi connectivity index (χ2n) is 8.31. The molecule has 0 bridgehead atoms. The minimum absolute atomic E-state index is 0.0572. The number of amides is 1. The number of sulfonamides is 1. The van der Waals surface area contributed by atoms with Crippen molar-refractivity contribution in [3.8, 4) is 5.75 Å². The SMILES string of the molecule is CCOC1CCC(C(C(=O)NO)N(CCc2ccncc2)S(=O)(=O)c2ccc(OC)cc2)CC1. The zero-order valence-electron chi connectivity index (χ0n) is 19.6. The summed E-state index contributed by atoms with van der Waals surface area (Å²) in [5.41, 5.74) is 2.61. The topological polar surface area (TPSA) is 118 Å². The highest BCUT2D eigenvalue weighted by Crippen LogP contribution is 2.34. The number of aromatic nitrogens is 1. The summed E-state index contributed by atoms with van der Waals surface area (Å²) in [4.78, 5) is 17.0. The predicted octanol–water partition coefficient (Wildman–Crippen LogP) is 2.79. The average Bonchev–Trinajstić information content (AvgIpc) is 2.87. The number of carbonyl (C=O) groups is 1. The summed E-state index contributed by atoms with van der Waals surface area (Å²) in [6, 6.07) is 8.65. The predicted molar refractivity (Wildman–Crippen MR) is 126 cm³/mol. The summed E-state index contributed by atoms with van der Waals surface area (Å²) in [7, 11) is -2.56. The molecule has 0 radical (unpaired) electrons. The summed E-state index contributed by atoms with van der Waals surface area (Å²) in [5.74, 6) is -0.456. The summed E-state index contributed by atoms with van der Waals surface area (Å²) >= 11 is 0. The molecular formula is C24H33N3O6S. The summed E-state index contributed by atoms with van der Waals surface area (Å²) < 4.78 is 39.7. The molecule has 186 valence electrons. The van der Waals surface area contributed by atoms with Crippen LogP contribution < -0.4 is 10.2 Å². The van der Waals surface area contributed by atoms with Gasteiger partial charge in [0.05, 0.1) is 18.1 Å². The Labute approximate surface area is 201 Å². The van der Waals surface area contributed by atoms with Crippen LogP contribution in [0.1, 0.15) is 38.2 Å². The first-order valence-electron chi connectivity index (χ1n) is 11.5. The smallest absolute Gasteiger partial charge is 0.262 e. The maximum absolute atomic E-state index is 13.8. The summed E-state index contributed by atoms with van der Waals surface area (Å²) in [6.45, 7) is 2.62. The number of ether oxygens (including phenoxy) is 2. The number of pyridine rings is 1. The van der Waals surface area contributed by atoms with Crippen LogP contribution in [0.5, 0.6) is 5.75 Å². The van der Waals surface area contributed by atoms with Crippen molar-refractivity contribution in [3.63, 3.8) is 0 Å². The largest absolute Gasteiger partial charge is 0.497 e. The van der Waals surface area contributed by atoms with Crippen molar-refractivity contribution in [2.45, 2.75) is 56.1 Å². The molecule has 9 nitrogen and oxygen atoms in total. The van der Waals surface area contributed by atoms with Crippen LogP contribution in [0, 0.1) is 5.92 Å². The molecule has 0 aliphatic heterocycles. The van der Waals surface area contributed by atoms with Crippen LogP contribution in [0.25, 0.3) is 0 Å². The maximum atomic E-state index is 13.8. The van der Waals surface area contributed by atoms with Crippen molar-refractivity contribution in [3.05, 3.63) is 54.4 Å². The van der Waals surface area contributed by atoms with Crippen molar-refractivity contribution in [1.29, 1.82) is 0 Å². The van der Waals surface area contributed by atoms with Gasteiger partial charge in [-0.15, -0.1) is 0 Å². The van der Waals surface area contributed by atoms with E-state index in [1.165, 1.54) is 23.5 Å². The minimum atomic E-state index is -4.06. The molecule has 1 fully saturated rings. The number of hydroxylamine groups is 1. The van der Waals surface area contributed by atoms with E-state index in [2.05, 4.69) is 4.98 Å². The molecule has 3 rings (SSSR count). The highest BCUT2D eigenvalue weighted by molar-refractivity contribution is 7.89. The van der Waals surface area contributed by atoms with E-state index in [0.29, 0.717) is 31.6 Å². The van der Waals surface area contributed by atoms with E-state index in [0.717, 1.165) is 18.4 Å². The van der Waals surface area contributed by atoms with E-state index in [-0.39, 0.29) is 23.5 Å². The monoisotopic (exact) mass is 491 g/mol. The van der Waals surface area contributed by atoms with Gasteiger partial charge in [0.1, 0.15) is 11.8 Å². The Kier molecular flexibility index (Phi) is 9.40. The van der Waals surface area contributed by atoms with E-state index in [9.17, 15) is 18.4 Å². The Morgan fingerprint density at radius 3 is 2.35 bits per heavy atom. The van der Waals surface area contributed by atoms with E-state index in [4.69, 9.17) is 9.47 Å². The lowest BCUT2D eigenvalue weighted by molar-refractivity contribution is -0.136. The van der Waals surface area contributed by atoms with Crippen LogP contribution >= 0.6 is 0 Å². The quantitative estimate of drug-likeness (QED) is 0.367. The van der Waals surface area contributed by atoms with Crippen LogP contribution in [-0.2, 0) is 26.0 Å². The number of nitrogens with one attached hydrogen (secondary N) is 1. The third-order valence-corrected chi connectivity index (χ3v) is 8.19. The fourth-order valence-electron chi connectivity index (χ4n) is 4.53. The van der Waals surface area contributed by atoms with Crippen molar-refractivity contribution < 1.29 is 27.9 Å². The van der Waals surface area contributed by atoms with E-state index in [1.807, 2.05) is 19.1 Å². The summed E-state index contributed by atoms with van der Waals surface area (Å²) in [6.07, 6.45) is 6.47. The first-order chi connectivity index (χ1) is 16.4. The number of rotatable bonds is 11. The number of methoxy groups -OCH3 is 1. The van der Waals surface area contributed by atoms with Gasteiger partial charge in [-0.25, -0.2) is 13.9 Å². The molecule has 2 N–H and O–H groups in total. The number of benzene rings is 1. The molecule has 1 heterocycles. The molecule has 1 atom stereocenters. The summed E-state index contributed by atoms with van der Waals surface area (Å²) in [5, 5.41) is 9.54. The molecule has 34 heavy (non-hydrogen) atoms. The molecule has 1 aliphatic rings. The second-order valence-corrected chi connectivity index (χ2v) is 10.2. The van der Waals surface area contributed by atoms with Gasteiger partial charge in [0.15, 0.2) is 0 Å².